The summed E-state index contributed by atoms with van der Waals surface area (Å²) in [5.41, 5.74) is 0.515. The molecule has 1 unspecified atom stereocenters. The standard InChI is InChI=1S/C16H20N8O2/c1-9-13(14(26)24-16(18-9)19-10(2)22-24)21-15-17-6-5-12(20-15)23-7-3-4-11(25)8-23/h5-6,11,25H,3-4,7-8H2,1-2H3,(H,17,20,21)(H,18,19,22). The quantitative estimate of drug-likeness (QED) is 0.621. The first kappa shape index (κ1) is 16.5. The molecule has 136 valence electrons. The van der Waals surface area contributed by atoms with E-state index in [4.69, 9.17) is 0 Å². The Balaban J connectivity index is 1.66. The average Bonchev–Trinajstić information content (AvgIpc) is 2.99. The van der Waals surface area contributed by atoms with Crippen LogP contribution in [0.5, 0.6) is 0 Å². The number of aryl methyl sites for hydroxylation is 2. The highest BCUT2D eigenvalue weighted by Gasteiger charge is 2.20. The lowest BCUT2D eigenvalue weighted by molar-refractivity contribution is 0.154. The van der Waals surface area contributed by atoms with Crippen molar-refractivity contribution in [3.63, 3.8) is 0 Å². The lowest BCUT2D eigenvalue weighted by Gasteiger charge is -2.31. The van der Waals surface area contributed by atoms with Crippen molar-refractivity contribution in [1.29, 1.82) is 0 Å². The SMILES string of the molecule is Cc1nc2nc(C)c(Nc3nccc(N4CCCC(O)C4)n3)c(=O)n2[nH]1. The van der Waals surface area contributed by atoms with E-state index in [2.05, 4.69) is 30.4 Å². The minimum Gasteiger partial charge on any atom is -0.391 e. The summed E-state index contributed by atoms with van der Waals surface area (Å²) < 4.78 is 1.29. The lowest BCUT2D eigenvalue weighted by Crippen LogP contribution is -2.38. The number of rotatable bonds is 3. The zero-order valence-electron chi connectivity index (χ0n) is 14.6. The van der Waals surface area contributed by atoms with Crippen molar-refractivity contribution >= 4 is 23.2 Å². The Morgan fingerprint density at radius 3 is 2.96 bits per heavy atom. The molecule has 0 amide bonds. The third-order valence-corrected chi connectivity index (χ3v) is 4.39. The Bertz CT molecular complexity index is 1010. The van der Waals surface area contributed by atoms with E-state index in [0.717, 1.165) is 19.4 Å². The molecule has 3 aromatic heterocycles. The van der Waals surface area contributed by atoms with Gasteiger partial charge >= 0.3 is 0 Å². The number of piperidine rings is 1. The fourth-order valence-corrected chi connectivity index (χ4v) is 3.13. The Kier molecular flexibility index (Phi) is 4.03. The highest BCUT2D eigenvalue weighted by atomic mass is 16.3. The Morgan fingerprint density at radius 2 is 2.15 bits per heavy atom. The summed E-state index contributed by atoms with van der Waals surface area (Å²) in [6.45, 7) is 4.87. The molecule has 4 rings (SSSR count). The van der Waals surface area contributed by atoms with Gasteiger partial charge in [0.15, 0.2) is 0 Å². The van der Waals surface area contributed by atoms with Gasteiger partial charge < -0.3 is 15.3 Å². The summed E-state index contributed by atoms with van der Waals surface area (Å²) >= 11 is 0. The predicted molar refractivity (Wildman–Crippen MR) is 95.9 cm³/mol. The number of anilines is 3. The van der Waals surface area contributed by atoms with Crippen LogP contribution in [0.15, 0.2) is 17.1 Å². The number of H-pyrrole nitrogens is 1. The molecule has 1 aliphatic rings. The molecule has 4 heterocycles. The van der Waals surface area contributed by atoms with Crippen molar-refractivity contribution < 1.29 is 5.11 Å². The van der Waals surface area contributed by atoms with E-state index in [1.54, 1.807) is 26.1 Å². The first-order chi connectivity index (χ1) is 12.5. The molecule has 0 spiro atoms. The van der Waals surface area contributed by atoms with E-state index < -0.39 is 0 Å². The van der Waals surface area contributed by atoms with Crippen molar-refractivity contribution in [1.82, 2.24) is 29.5 Å². The molecule has 3 aromatic rings. The maximum Gasteiger partial charge on any atom is 0.298 e. The molecule has 3 N–H and O–H groups in total. The van der Waals surface area contributed by atoms with Crippen LogP contribution in [0.3, 0.4) is 0 Å². The first-order valence-corrected chi connectivity index (χ1v) is 8.50. The molecule has 1 aliphatic heterocycles. The number of nitrogens with zero attached hydrogens (tertiary/aromatic N) is 6. The number of hydrogen-bond donors (Lipinski definition) is 3. The highest BCUT2D eigenvalue weighted by Crippen LogP contribution is 2.20. The Morgan fingerprint density at radius 1 is 1.31 bits per heavy atom. The first-order valence-electron chi connectivity index (χ1n) is 8.50. The summed E-state index contributed by atoms with van der Waals surface area (Å²) in [5.74, 6) is 1.95. The predicted octanol–water partition coefficient (Wildman–Crippen LogP) is 0.529. The van der Waals surface area contributed by atoms with E-state index in [0.29, 0.717) is 41.3 Å². The average molecular weight is 356 g/mol. The molecule has 26 heavy (non-hydrogen) atoms. The smallest absolute Gasteiger partial charge is 0.298 e. The molecule has 0 aromatic carbocycles. The topological polar surface area (TPSA) is 124 Å². The maximum absolute atomic E-state index is 12.7. The zero-order valence-corrected chi connectivity index (χ0v) is 14.6. The normalized spacial score (nSPS) is 17.7. The number of fused-ring (bicyclic) bond motifs is 1. The number of nitrogens with one attached hydrogen (secondary N) is 2. The van der Waals surface area contributed by atoms with Crippen LogP contribution in [-0.2, 0) is 0 Å². The zero-order chi connectivity index (χ0) is 18.3. The van der Waals surface area contributed by atoms with Gasteiger partial charge in [-0.3, -0.25) is 9.89 Å². The molecule has 0 aliphatic carbocycles. The van der Waals surface area contributed by atoms with Crippen LogP contribution >= 0.6 is 0 Å². The van der Waals surface area contributed by atoms with Crippen LogP contribution in [-0.4, -0.2) is 53.9 Å². The van der Waals surface area contributed by atoms with Crippen LogP contribution in [0.2, 0.25) is 0 Å². The van der Waals surface area contributed by atoms with Crippen LogP contribution in [0.1, 0.15) is 24.4 Å². The van der Waals surface area contributed by atoms with E-state index in [1.165, 1.54) is 4.52 Å². The number of β-amino-alcohol motifs (C(OH)–C–C–N with tert-alkyl or cyclic N) is 1. The molecule has 1 fully saturated rings. The van der Waals surface area contributed by atoms with Crippen molar-refractivity contribution in [2.24, 2.45) is 0 Å². The molecule has 0 saturated carbocycles. The summed E-state index contributed by atoms with van der Waals surface area (Å²) in [7, 11) is 0. The van der Waals surface area contributed by atoms with Crippen LogP contribution in [0, 0.1) is 13.8 Å². The molecule has 10 nitrogen and oxygen atoms in total. The van der Waals surface area contributed by atoms with E-state index >= 15 is 0 Å². The number of hydrogen-bond acceptors (Lipinski definition) is 8. The third-order valence-electron chi connectivity index (χ3n) is 4.39. The number of aliphatic hydroxyl groups is 1. The Hall–Kier alpha value is -3.01. The summed E-state index contributed by atoms with van der Waals surface area (Å²) in [6.07, 6.45) is 2.99. The summed E-state index contributed by atoms with van der Waals surface area (Å²) in [6, 6.07) is 1.79. The van der Waals surface area contributed by atoms with Gasteiger partial charge in [0.25, 0.3) is 11.3 Å². The molecule has 10 heteroatoms. The Labute approximate surface area is 148 Å². The fourth-order valence-electron chi connectivity index (χ4n) is 3.13. The molecule has 0 bridgehead atoms. The van der Waals surface area contributed by atoms with Gasteiger partial charge in [-0.1, -0.05) is 0 Å². The second kappa shape index (κ2) is 6.37. The highest BCUT2D eigenvalue weighted by molar-refractivity contribution is 5.58. The van der Waals surface area contributed by atoms with Gasteiger partial charge in [0.1, 0.15) is 17.3 Å². The van der Waals surface area contributed by atoms with Gasteiger partial charge in [-0.25, -0.2) is 9.97 Å². The van der Waals surface area contributed by atoms with Crippen molar-refractivity contribution in [3.8, 4) is 0 Å². The van der Waals surface area contributed by atoms with Crippen LogP contribution in [0.4, 0.5) is 17.5 Å². The summed E-state index contributed by atoms with van der Waals surface area (Å²) in [4.78, 5) is 31.9. The van der Waals surface area contributed by atoms with Gasteiger partial charge in [-0.05, 0) is 32.8 Å². The molecular weight excluding hydrogens is 336 g/mol. The fraction of sp³-hybridized carbons (Fsp3) is 0.438. The maximum atomic E-state index is 12.7. The lowest BCUT2D eigenvalue weighted by atomic mass is 10.1. The molecule has 1 saturated heterocycles. The van der Waals surface area contributed by atoms with E-state index in [9.17, 15) is 9.90 Å². The second-order valence-electron chi connectivity index (χ2n) is 6.43. The molecule has 1 atom stereocenters. The van der Waals surface area contributed by atoms with Crippen LogP contribution < -0.4 is 15.8 Å². The largest absolute Gasteiger partial charge is 0.391 e. The third kappa shape index (κ3) is 2.99. The van der Waals surface area contributed by atoms with Gasteiger partial charge in [-0.2, -0.15) is 14.5 Å². The van der Waals surface area contributed by atoms with Gasteiger partial charge in [0.2, 0.25) is 5.95 Å². The number of aromatic nitrogens is 6. The monoisotopic (exact) mass is 356 g/mol. The van der Waals surface area contributed by atoms with Gasteiger partial charge in [0, 0.05) is 19.3 Å². The number of aromatic amines is 1. The van der Waals surface area contributed by atoms with Crippen molar-refractivity contribution in [2.45, 2.75) is 32.8 Å². The van der Waals surface area contributed by atoms with Crippen molar-refractivity contribution in [2.75, 3.05) is 23.3 Å². The minimum absolute atomic E-state index is 0.293. The van der Waals surface area contributed by atoms with Crippen molar-refractivity contribution in [3.05, 3.63) is 34.1 Å². The summed E-state index contributed by atoms with van der Waals surface area (Å²) in [5, 5.41) is 15.7. The van der Waals surface area contributed by atoms with Crippen LogP contribution in [0.25, 0.3) is 5.78 Å². The van der Waals surface area contributed by atoms with Gasteiger partial charge in [-0.15, -0.1) is 0 Å². The minimum atomic E-state index is -0.350. The number of aliphatic hydroxyl groups excluding tert-OH is 1. The second-order valence-corrected chi connectivity index (χ2v) is 6.43. The molecule has 0 radical (unpaired) electrons. The van der Waals surface area contributed by atoms with Gasteiger partial charge in [0.05, 0.1) is 11.8 Å². The van der Waals surface area contributed by atoms with E-state index in [1.807, 2.05) is 4.90 Å². The molecular formula is C16H20N8O2. The van der Waals surface area contributed by atoms with E-state index in [-0.39, 0.29) is 11.7 Å².